The SMILES string of the molecule is CCCCCCCCCCCCCCCCCC[N+](C)(CCCCCCCCCCCCCCCCCC)CCOCCCC. The van der Waals surface area contributed by atoms with E-state index in [-0.39, 0.29) is 0 Å². The van der Waals surface area contributed by atoms with Crippen LogP contribution in [0, 0.1) is 0 Å². The Bertz CT molecular complexity index is 484. The molecule has 272 valence electrons. The van der Waals surface area contributed by atoms with Crippen molar-refractivity contribution in [3.05, 3.63) is 0 Å². The van der Waals surface area contributed by atoms with Gasteiger partial charge in [0, 0.05) is 6.61 Å². The van der Waals surface area contributed by atoms with Crippen LogP contribution in [0.2, 0.25) is 0 Å². The molecule has 0 radical (unpaired) electrons. The van der Waals surface area contributed by atoms with Crippen LogP contribution in [0.25, 0.3) is 0 Å². The van der Waals surface area contributed by atoms with Crippen LogP contribution in [-0.4, -0.2) is 44.4 Å². The summed E-state index contributed by atoms with van der Waals surface area (Å²) in [5.41, 5.74) is 0. The van der Waals surface area contributed by atoms with E-state index in [1.807, 2.05) is 0 Å². The zero-order chi connectivity index (χ0) is 32.8. The van der Waals surface area contributed by atoms with E-state index in [0.717, 1.165) is 13.2 Å². The van der Waals surface area contributed by atoms with Crippen LogP contribution in [0.15, 0.2) is 0 Å². The van der Waals surface area contributed by atoms with Gasteiger partial charge in [-0.1, -0.05) is 207 Å². The number of likely N-dealkylation sites (N-methyl/N-ethyl adjacent to an activating group) is 1. The Balaban J connectivity index is 3.80. The third-order valence-corrected chi connectivity index (χ3v) is 10.5. The predicted octanol–water partition coefficient (Wildman–Crippen LogP) is 14.8. The van der Waals surface area contributed by atoms with Crippen molar-refractivity contribution in [1.82, 2.24) is 0 Å². The molecule has 0 aromatic rings. The van der Waals surface area contributed by atoms with E-state index in [9.17, 15) is 0 Å². The molecule has 45 heavy (non-hydrogen) atoms. The molecule has 0 saturated carbocycles. The average Bonchev–Trinajstić information content (AvgIpc) is 3.04. The molecule has 0 unspecified atom stereocenters. The first kappa shape index (κ1) is 44.9. The lowest BCUT2D eigenvalue weighted by molar-refractivity contribution is -0.910. The van der Waals surface area contributed by atoms with E-state index < -0.39 is 0 Å². The lowest BCUT2D eigenvalue weighted by atomic mass is 10.0. The Labute approximate surface area is 287 Å². The molecule has 2 heteroatoms. The molecule has 0 rings (SSSR count). The van der Waals surface area contributed by atoms with Gasteiger partial charge in [0.25, 0.3) is 0 Å². The second-order valence-electron chi connectivity index (χ2n) is 15.4. The number of rotatable bonds is 40. The molecule has 0 aliphatic heterocycles. The molecule has 0 heterocycles. The summed E-state index contributed by atoms with van der Waals surface area (Å²) in [5, 5.41) is 0. The number of unbranched alkanes of at least 4 members (excludes halogenated alkanes) is 31. The van der Waals surface area contributed by atoms with Crippen molar-refractivity contribution in [3.8, 4) is 0 Å². The molecular weight excluding hydrogens is 546 g/mol. The maximum absolute atomic E-state index is 6.02. The van der Waals surface area contributed by atoms with Crippen molar-refractivity contribution in [2.24, 2.45) is 0 Å². The fourth-order valence-electron chi connectivity index (χ4n) is 7.05. The number of hydrogen-bond acceptors (Lipinski definition) is 1. The molecule has 0 aromatic heterocycles. The maximum atomic E-state index is 6.02. The normalized spacial score (nSPS) is 12.0. The van der Waals surface area contributed by atoms with E-state index >= 15 is 0 Å². The Morgan fingerprint density at radius 2 is 0.511 bits per heavy atom. The van der Waals surface area contributed by atoms with Gasteiger partial charge in [-0.2, -0.15) is 0 Å². The van der Waals surface area contributed by atoms with Crippen LogP contribution in [0.4, 0.5) is 0 Å². The molecule has 0 N–H and O–H groups in total. The quantitative estimate of drug-likeness (QED) is 0.0480. The molecule has 0 saturated heterocycles. The van der Waals surface area contributed by atoms with Crippen LogP contribution in [0.5, 0.6) is 0 Å². The van der Waals surface area contributed by atoms with Gasteiger partial charge in [0.2, 0.25) is 0 Å². The fourth-order valence-corrected chi connectivity index (χ4v) is 7.05. The molecule has 0 atom stereocenters. The molecule has 0 fully saturated rings. The van der Waals surface area contributed by atoms with Gasteiger partial charge in [-0.15, -0.1) is 0 Å². The van der Waals surface area contributed by atoms with Crippen LogP contribution in [-0.2, 0) is 4.74 Å². The Morgan fingerprint density at radius 3 is 0.778 bits per heavy atom. The monoisotopic (exact) mass is 637 g/mol. The van der Waals surface area contributed by atoms with Crippen molar-refractivity contribution in [2.45, 2.75) is 239 Å². The first-order chi connectivity index (χ1) is 22.2. The van der Waals surface area contributed by atoms with Gasteiger partial charge < -0.3 is 9.22 Å². The highest BCUT2D eigenvalue weighted by Gasteiger charge is 2.20. The first-order valence-corrected chi connectivity index (χ1v) is 21.6. The van der Waals surface area contributed by atoms with Crippen LogP contribution in [0.3, 0.4) is 0 Å². The van der Waals surface area contributed by atoms with E-state index in [2.05, 4.69) is 27.8 Å². The summed E-state index contributed by atoms with van der Waals surface area (Å²) in [5.74, 6) is 0. The van der Waals surface area contributed by atoms with Crippen molar-refractivity contribution in [1.29, 1.82) is 0 Å². The largest absolute Gasteiger partial charge is 0.376 e. The lowest BCUT2D eigenvalue weighted by Gasteiger charge is -2.35. The highest BCUT2D eigenvalue weighted by Crippen LogP contribution is 2.17. The minimum atomic E-state index is 0.953. The Morgan fingerprint density at radius 1 is 0.267 bits per heavy atom. The predicted molar refractivity (Wildman–Crippen MR) is 206 cm³/mol. The van der Waals surface area contributed by atoms with Gasteiger partial charge >= 0.3 is 0 Å². The van der Waals surface area contributed by atoms with Crippen LogP contribution in [0.1, 0.15) is 239 Å². The van der Waals surface area contributed by atoms with Crippen LogP contribution >= 0.6 is 0 Å². The molecule has 0 aromatic carbocycles. The minimum Gasteiger partial charge on any atom is -0.376 e. The molecule has 0 aliphatic carbocycles. The molecule has 0 aliphatic rings. The van der Waals surface area contributed by atoms with Crippen molar-refractivity contribution in [2.75, 3.05) is 39.9 Å². The molecule has 0 spiro atoms. The minimum absolute atomic E-state index is 0.953. The Hall–Kier alpha value is -0.0800. The maximum Gasteiger partial charge on any atom is 0.102 e. The molecule has 0 amide bonds. The lowest BCUT2D eigenvalue weighted by Crippen LogP contribution is -2.47. The van der Waals surface area contributed by atoms with Gasteiger partial charge in [0.15, 0.2) is 0 Å². The highest BCUT2D eigenvalue weighted by molar-refractivity contribution is 4.53. The van der Waals surface area contributed by atoms with E-state index in [0.29, 0.717) is 0 Å². The summed E-state index contributed by atoms with van der Waals surface area (Å²) in [7, 11) is 2.53. The zero-order valence-electron chi connectivity index (χ0n) is 32.4. The summed E-state index contributed by atoms with van der Waals surface area (Å²) in [6.07, 6.45) is 49.0. The van der Waals surface area contributed by atoms with Gasteiger partial charge in [0.1, 0.15) is 6.54 Å². The fraction of sp³-hybridized carbons (Fsp3) is 1.00. The number of nitrogens with zero attached hydrogens (tertiary/aromatic N) is 1. The molecular formula is C43H90NO+. The topological polar surface area (TPSA) is 9.23 Å². The summed E-state index contributed by atoms with van der Waals surface area (Å²) < 4.78 is 7.26. The third kappa shape index (κ3) is 36.6. The summed E-state index contributed by atoms with van der Waals surface area (Å²) in [6, 6.07) is 0. The van der Waals surface area contributed by atoms with Gasteiger partial charge in [0.05, 0.1) is 26.7 Å². The summed E-state index contributed by atoms with van der Waals surface area (Å²) in [6.45, 7) is 12.7. The van der Waals surface area contributed by atoms with Crippen molar-refractivity contribution >= 4 is 0 Å². The second kappa shape index (κ2) is 38.4. The molecule has 0 bridgehead atoms. The number of quaternary nitrogens is 1. The summed E-state index contributed by atoms with van der Waals surface area (Å²) >= 11 is 0. The average molecular weight is 637 g/mol. The number of ether oxygens (including phenoxy) is 1. The van der Waals surface area contributed by atoms with Crippen molar-refractivity contribution < 1.29 is 9.22 Å². The van der Waals surface area contributed by atoms with E-state index in [1.54, 1.807) is 0 Å². The first-order valence-electron chi connectivity index (χ1n) is 21.6. The van der Waals surface area contributed by atoms with Crippen molar-refractivity contribution in [3.63, 3.8) is 0 Å². The van der Waals surface area contributed by atoms with Gasteiger partial charge in [-0.05, 0) is 32.1 Å². The van der Waals surface area contributed by atoms with Gasteiger partial charge in [-0.25, -0.2) is 0 Å². The van der Waals surface area contributed by atoms with E-state index in [1.165, 1.54) is 242 Å². The standard InChI is InChI=1S/C43H90NO/c1-5-8-11-13-15-17-19-21-23-25-27-29-31-33-35-37-39-44(4,41-43-45-42-10-7-3)40-38-36-34-32-30-28-26-24-22-20-18-16-14-12-9-6-2/h5-43H2,1-4H3/q+1. The number of hydrogen-bond donors (Lipinski definition) is 0. The third-order valence-electron chi connectivity index (χ3n) is 10.5. The second-order valence-corrected chi connectivity index (χ2v) is 15.4. The van der Waals surface area contributed by atoms with Gasteiger partial charge in [-0.3, -0.25) is 0 Å². The Kier molecular flexibility index (Phi) is 38.3. The molecule has 2 nitrogen and oxygen atoms in total. The zero-order valence-corrected chi connectivity index (χ0v) is 32.4. The van der Waals surface area contributed by atoms with E-state index in [4.69, 9.17) is 4.74 Å². The van der Waals surface area contributed by atoms with Crippen LogP contribution < -0.4 is 0 Å². The smallest absolute Gasteiger partial charge is 0.102 e. The highest BCUT2D eigenvalue weighted by atomic mass is 16.5. The summed E-state index contributed by atoms with van der Waals surface area (Å²) in [4.78, 5) is 0.